The number of rotatable bonds is 2. The maximum Gasteiger partial charge on any atom is 0.328 e. The number of aromatic nitrogens is 4. The molecule has 1 aromatic carbocycles. The van der Waals surface area contributed by atoms with Crippen LogP contribution in [0.4, 0.5) is 0 Å². The Morgan fingerprint density at radius 2 is 2.06 bits per heavy atom. The third-order valence-corrected chi connectivity index (χ3v) is 2.92. The highest BCUT2D eigenvalue weighted by Gasteiger charge is 2.07. The zero-order valence-corrected chi connectivity index (χ0v) is 9.92. The standard InChI is InChI=1S/C13H12N4O/c1-9-2-4-10(5-3-9)7-17-11-6-14-8-15-12(11)16-13(17)18/h2-6,8H,7H2,1H3,(H,14,15,16,18). The van der Waals surface area contributed by atoms with Crippen LogP contribution in [0.1, 0.15) is 11.1 Å². The number of fused-ring (bicyclic) bond motifs is 1. The summed E-state index contributed by atoms with van der Waals surface area (Å²) < 4.78 is 1.64. The third kappa shape index (κ3) is 1.79. The molecule has 5 heteroatoms. The van der Waals surface area contributed by atoms with Crippen molar-refractivity contribution in [2.45, 2.75) is 13.5 Å². The van der Waals surface area contributed by atoms with E-state index in [1.165, 1.54) is 11.9 Å². The summed E-state index contributed by atoms with van der Waals surface area (Å²) in [5.74, 6) is 0. The number of hydrogen-bond donors (Lipinski definition) is 1. The lowest BCUT2D eigenvalue weighted by Crippen LogP contribution is -2.17. The van der Waals surface area contributed by atoms with Crippen molar-refractivity contribution in [3.05, 3.63) is 58.4 Å². The maximum atomic E-state index is 11.8. The average molecular weight is 240 g/mol. The van der Waals surface area contributed by atoms with E-state index < -0.39 is 0 Å². The summed E-state index contributed by atoms with van der Waals surface area (Å²) in [5.41, 5.74) is 3.41. The van der Waals surface area contributed by atoms with Crippen LogP contribution in [0.25, 0.3) is 11.2 Å². The number of H-pyrrole nitrogens is 1. The Morgan fingerprint density at radius 1 is 1.28 bits per heavy atom. The lowest BCUT2D eigenvalue weighted by molar-refractivity contribution is 0.785. The van der Waals surface area contributed by atoms with Gasteiger partial charge in [0.1, 0.15) is 11.8 Å². The van der Waals surface area contributed by atoms with Crippen molar-refractivity contribution in [3.63, 3.8) is 0 Å². The molecule has 2 aromatic heterocycles. The van der Waals surface area contributed by atoms with E-state index in [9.17, 15) is 4.79 Å². The molecule has 3 aromatic rings. The van der Waals surface area contributed by atoms with Crippen molar-refractivity contribution in [2.75, 3.05) is 0 Å². The normalized spacial score (nSPS) is 10.9. The molecule has 0 bridgehead atoms. The van der Waals surface area contributed by atoms with Crippen LogP contribution in [0.2, 0.25) is 0 Å². The Morgan fingerprint density at radius 3 is 2.83 bits per heavy atom. The molecule has 0 amide bonds. The zero-order valence-electron chi connectivity index (χ0n) is 9.92. The van der Waals surface area contributed by atoms with Crippen LogP contribution in [-0.4, -0.2) is 19.5 Å². The molecule has 0 aliphatic rings. The maximum absolute atomic E-state index is 11.8. The van der Waals surface area contributed by atoms with E-state index in [1.54, 1.807) is 10.8 Å². The van der Waals surface area contributed by atoms with Crippen molar-refractivity contribution in [2.24, 2.45) is 0 Å². The van der Waals surface area contributed by atoms with E-state index >= 15 is 0 Å². The highest BCUT2D eigenvalue weighted by atomic mass is 16.1. The van der Waals surface area contributed by atoms with E-state index in [4.69, 9.17) is 0 Å². The Balaban J connectivity index is 2.07. The minimum atomic E-state index is -0.161. The van der Waals surface area contributed by atoms with Crippen LogP contribution in [-0.2, 0) is 6.54 Å². The van der Waals surface area contributed by atoms with Crippen LogP contribution >= 0.6 is 0 Å². The fourth-order valence-corrected chi connectivity index (χ4v) is 1.93. The molecule has 0 aliphatic carbocycles. The summed E-state index contributed by atoms with van der Waals surface area (Å²) >= 11 is 0. The van der Waals surface area contributed by atoms with Gasteiger partial charge in [0.2, 0.25) is 0 Å². The number of nitrogens with one attached hydrogen (secondary N) is 1. The predicted molar refractivity (Wildman–Crippen MR) is 68.4 cm³/mol. The van der Waals surface area contributed by atoms with Gasteiger partial charge in [-0.3, -0.25) is 9.55 Å². The molecule has 3 rings (SSSR count). The first-order valence-electron chi connectivity index (χ1n) is 5.68. The van der Waals surface area contributed by atoms with Crippen molar-refractivity contribution in [3.8, 4) is 0 Å². The monoisotopic (exact) mass is 240 g/mol. The zero-order chi connectivity index (χ0) is 12.5. The molecular formula is C13H12N4O. The molecule has 0 unspecified atom stereocenters. The van der Waals surface area contributed by atoms with Gasteiger partial charge in [-0.2, -0.15) is 0 Å². The highest BCUT2D eigenvalue weighted by Crippen LogP contribution is 2.09. The minimum Gasteiger partial charge on any atom is -0.290 e. The average Bonchev–Trinajstić information content (AvgIpc) is 2.69. The number of aromatic amines is 1. The fourth-order valence-electron chi connectivity index (χ4n) is 1.93. The fraction of sp³-hybridized carbons (Fsp3) is 0.154. The SMILES string of the molecule is Cc1ccc(Cn2c(=O)[nH]c3ncncc32)cc1. The van der Waals surface area contributed by atoms with Gasteiger partial charge in [-0.25, -0.2) is 14.8 Å². The van der Waals surface area contributed by atoms with Gasteiger partial charge in [0.15, 0.2) is 5.65 Å². The lowest BCUT2D eigenvalue weighted by atomic mass is 10.1. The van der Waals surface area contributed by atoms with Gasteiger partial charge in [0.05, 0.1) is 12.7 Å². The van der Waals surface area contributed by atoms with Gasteiger partial charge in [0, 0.05) is 0 Å². The molecule has 0 fully saturated rings. The van der Waals surface area contributed by atoms with Gasteiger partial charge >= 0.3 is 5.69 Å². The number of benzene rings is 1. The number of imidazole rings is 1. The van der Waals surface area contributed by atoms with Crippen molar-refractivity contribution >= 4 is 11.2 Å². The molecule has 18 heavy (non-hydrogen) atoms. The molecule has 5 nitrogen and oxygen atoms in total. The molecular weight excluding hydrogens is 228 g/mol. The second-order valence-corrected chi connectivity index (χ2v) is 4.26. The molecule has 0 spiro atoms. The number of aryl methyl sites for hydroxylation is 1. The van der Waals surface area contributed by atoms with Crippen LogP contribution in [0.5, 0.6) is 0 Å². The molecule has 1 N–H and O–H groups in total. The number of hydrogen-bond acceptors (Lipinski definition) is 3. The van der Waals surface area contributed by atoms with Gasteiger partial charge in [-0.15, -0.1) is 0 Å². The number of nitrogens with zero attached hydrogens (tertiary/aromatic N) is 3. The van der Waals surface area contributed by atoms with E-state index in [0.29, 0.717) is 12.2 Å². The third-order valence-electron chi connectivity index (χ3n) is 2.92. The first kappa shape index (κ1) is 10.7. The van der Waals surface area contributed by atoms with E-state index in [2.05, 4.69) is 15.0 Å². The molecule has 90 valence electrons. The second-order valence-electron chi connectivity index (χ2n) is 4.26. The first-order chi connectivity index (χ1) is 8.74. The first-order valence-corrected chi connectivity index (χ1v) is 5.68. The topological polar surface area (TPSA) is 63.6 Å². The van der Waals surface area contributed by atoms with Gasteiger partial charge in [-0.05, 0) is 12.5 Å². The largest absolute Gasteiger partial charge is 0.328 e. The Kier molecular flexibility index (Phi) is 2.44. The van der Waals surface area contributed by atoms with E-state index in [1.807, 2.05) is 31.2 Å². The quantitative estimate of drug-likeness (QED) is 0.737. The smallest absolute Gasteiger partial charge is 0.290 e. The summed E-state index contributed by atoms with van der Waals surface area (Å²) in [5, 5.41) is 0. The predicted octanol–water partition coefficient (Wildman–Crippen LogP) is 1.48. The summed E-state index contributed by atoms with van der Waals surface area (Å²) in [7, 11) is 0. The molecule has 0 saturated heterocycles. The van der Waals surface area contributed by atoms with Crippen molar-refractivity contribution in [1.29, 1.82) is 0 Å². The van der Waals surface area contributed by atoms with Crippen LogP contribution in [0, 0.1) is 6.92 Å². The van der Waals surface area contributed by atoms with E-state index in [0.717, 1.165) is 11.1 Å². The second kappa shape index (κ2) is 4.10. The molecule has 0 atom stereocenters. The van der Waals surface area contributed by atoms with Crippen LogP contribution in [0.3, 0.4) is 0 Å². The van der Waals surface area contributed by atoms with Crippen molar-refractivity contribution in [1.82, 2.24) is 19.5 Å². The van der Waals surface area contributed by atoms with Gasteiger partial charge in [-0.1, -0.05) is 29.8 Å². The Hall–Kier alpha value is -2.43. The summed E-state index contributed by atoms with van der Waals surface area (Å²) in [6.07, 6.45) is 3.07. The Labute approximate surface area is 103 Å². The van der Waals surface area contributed by atoms with Gasteiger partial charge < -0.3 is 0 Å². The molecule has 2 heterocycles. The van der Waals surface area contributed by atoms with E-state index in [-0.39, 0.29) is 5.69 Å². The van der Waals surface area contributed by atoms with Gasteiger partial charge in [0.25, 0.3) is 0 Å². The lowest BCUT2D eigenvalue weighted by Gasteiger charge is -2.03. The molecule has 0 radical (unpaired) electrons. The summed E-state index contributed by atoms with van der Waals surface area (Å²) in [6, 6.07) is 8.10. The molecule has 0 saturated carbocycles. The van der Waals surface area contributed by atoms with Crippen LogP contribution < -0.4 is 5.69 Å². The highest BCUT2D eigenvalue weighted by molar-refractivity contribution is 5.69. The minimum absolute atomic E-state index is 0.161. The van der Waals surface area contributed by atoms with Crippen molar-refractivity contribution < 1.29 is 0 Å². The van der Waals surface area contributed by atoms with Crippen LogP contribution in [0.15, 0.2) is 41.6 Å². The Bertz CT molecular complexity index is 740. The molecule has 0 aliphatic heterocycles. The summed E-state index contributed by atoms with van der Waals surface area (Å²) in [6.45, 7) is 2.56. The summed E-state index contributed by atoms with van der Waals surface area (Å²) in [4.78, 5) is 22.5.